The summed E-state index contributed by atoms with van der Waals surface area (Å²) in [5.41, 5.74) is 7.45. The molecule has 0 radical (unpaired) electrons. The molecular weight excluding hydrogens is 268 g/mol. The number of amides is 1. The van der Waals surface area contributed by atoms with Crippen LogP contribution in [0.2, 0.25) is 0 Å². The molecule has 0 saturated carbocycles. The van der Waals surface area contributed by atoms with Gasteiger partial charge in [-0.15, -0.1) is 0 Å². The highest BCUT2D eigenvalue weighted by Gasteiger charge is 2.04. The monoisotopic (exact) mass is 294 g/mol. The van der Waals surface area contributed by atoms with Crippen LogP contribution in [0.15, 0.2) is 24.3 Å². The van der Waals surface area contributed by atoms with Crippen molar-refractivity contribution >= 4 is 11.6 Å². The summed E-state index contributed by atoms with van der Waals surface area (Å²) in [6, 6.07) is 7.71. The van der Waals surface area contributed by atoms with Crippen molar-refractivity contribution < 1.29 is 14.3 Å². The van der Waals surface area contributed by atoms with Crippen LogP contribution >= 0.6 is 0 Å². The third kappa shape index (κ3) is 8.45. The van der Waals surface area contributed by atoms with Crippen LogP contribution in [0.25, 0.3) is 0 Å². The molecule has 5 nitrogen and oxygen atoms in total. The summed E-state index contributed by atoms with van der Waals surface area (Å²) in [5.74, 6) is -0.0123. The molecule has 1 aromatic rings. The van der Waals surface area contributed by atoms with Crippen LogP contribution in [0.1, 0.15) is 32.3 Å². The van der Waals surface area contributed by atoms with Gasteiger partial charge in [0.05, 0.1) is 19.8 Å². The molecule has 21 heavy (non-hydrogen) atoms. The molecule has 0 aromatic heterocycles. The summed E-state index contributed by atoms with van der Waals surface area (Å²) in [6.45, 7) is 6.23. The Morgan fingerprint density at radius 1 is 1.33 bits per heavy atom. The minimum absolute atomic E-state index is 0.0123. The van der Waals surface area contributed by atoms with Crippen LogP contribution in [-0.4, -0.2) is 31.8 Å². The van der Waals surface area contributed by atoms with Crippen LogP contribution in [0.4, 0.5) is 5.69 Å². The number of ether oxygens (including phenoxy) is 2. The third-order valence-electron chi connectivity index (χ3n) is 2.88. The first-order valence-electron chi connectivity index (χ1n) is 7.41. The summed E-state index contributed by atoms with van der Waals surface area (Å²) in [6.07, 6.45) is 1.12. The Balaban J connectivity index is 2.36. The average molecular weight is 294 g/mol. The molecule has 0 aliphatic rings. The van der Waals surface area contributed by atoms with E-state index in [9.17, 15) is 4.79 Å². The van der Waals surface area contributed by atoms with Gasteiger partial charge in [-0.2, -0.15) is 0 Å². The second kappa shape index (κ2) is 10.3. The zero-order valence-corrected chi connectivity index (χ0v) is 12.9. The van der Waals surface area contributed by atoms with Crippen LogP contribution in [0, 0.1) is 0 Å². The maximum atomic E-state index is 11.7. The summed E-state index contributed by atoms with van der Waals surface area (Å²) < 4.78 is 10.7. The molecule has 0 heterocycles. The van der Waals surface area contributed by atoms with E-state index in [0.717, 1.165) is 11.3 Å². The molecule has 1 aromatic carbocycles. The molecule has 1 amide bonds. The first kappa shape index (κ1) is 17.6. The van der Waals surface area contributed by atoms with E-state index in [2.05, 4.69) is 5.32 Å². The highest BCUT2D eigenvalue weighted by molar-refractivity contribution is 5.90. The molecule has 0 spiro atoms. The van der Waals surface area contributed by atoms with Crippen molar-refractivity contribution in [1.29, 1.82) is 0 Å². The Morgan fingerprint density at radius 2 is 2.10 bits per heavy atom. The molecule has 3 N–H and O–H groups in total. The van der Waals surface area contributed by atoms with Crippen LogP contribution in [-0.2, 0) is 20.9 Å². The topological polar surface area (TPSA) is 73.6 Å². The van der Waals surface area contributed by atoms with Gasteiger partial charge >= 0.3 is 0 Å². The number of carbonyl (C=O) groups excluding carboxylic acids is 1. The van der Waals surface area contributed by atoms with Crippen LogP contribution < -0.4 is 11.1 Å². The molecule has 118 valence electrons. The molecule has 5 heteroatoms. The Hall–Kier alpha value is -1.43. The van der Waals surface area contributed by atoms with Crippen molar-refractivity contribution in [3.8, 4) is 0 Å². The van der Waals surface area contributed by atoms with E-state index in [1.165, 1.54) is 0 Å². The standard InChI is InChI=1S/C16H26N2O3/c1-3-20-9-10-21-12-14-5-4-6-15(11-14)18-16(19)8-7-13(2)17/h4-6,11,13H,3,7-10,12,17H2,1-2H3,(H,18,19). The number of carbonyl (C=O) groups is 1. The van der Waals surface area contributed by atoms with Crippen molar-refractivity contribution in [1.82, 2.24) is 0 Å². The molecule has 0 fully saturated rings. The van der Waals surface area contributed by atoms with Gasteiger partial charge in [-0.25, -0.2) is 0 Å². The molecule has 0 aliphatic heterocycles. The molecule has 1 rings (SSSR count). The molecule has 0 aliphatic carbocycles. The zero-order chi connectivity index (χ0) is 15.5. The molecular formula is C16H26N2O3. The van der Waals surface area contributed by atoms with E-state index in [-0.39, 0.29) is 11.9 Å². The number of anilines is 1. The fourth-order valence-electron chi connectivity index (χ4n) is 1.77. The van der Waals surface area contributed by atoms with E-state index >= 15 is 0 Å². The van der Waals surface area contributed by atoms with Crippen LogP contribution in [0.5, 0.6) is 0 Å². The lowest BCUT2D eigenvalue weighted by atomic mass is 10.1. The number of nitrogens with two attached hydrogens (primary N) is 1. The lowest BCUT2D eigenvalue weighted by molar-refractivity contribution is -0.116. The van der Waals surface area contributed by atoms with Crippen molar-refractivity contribution in [3.05, 3.63) is 29.8 Å². The first-order valence-corrected chi connectivity index (χ1v) is 7.41. The van der Waals surface area contributed by atoms with Gasteiger partial charge in [0.1, 0.15) is 0 Å². The van der Waals surface area contributed by atoms with Crippen LogP contribution in [0.3, 0.4) is 0 Å². The summed E-state index contributed by atoms with van der Waals surface area (Å²) in [4.78, 5) is 11.7. The van der Waals surface area contributed by atoms with E-state index in [1.807, 2.05) is 38.1 Å². The second-order valence-corrected chi connectivity index (χ2v) is 5.01. The van der Waals surface area contributed by atoms with Gasteiger partial charge in [-0.3, -0.25) is 4.79 Å². The average Bonchev–Trinajstić information content (AvgIpc) is 2.45. The SMILES string of the molecule is CCOCCOCc1cccc(NC(=O)CCC(C)N)c1. The molecule has 1 atom stereocenters. The van der Waals surface area contributed by atoms with Crippen molar-refractivity contribution in [2.45, 2.75) is 39.3 Å². The maximum absolute atomic E-state index is 11.7. The van der Waals surface area contributed by atoms with E-state index < -0.39 is 0 Å². The van der Waals surface area contributed by atoms with E-state index in [1.54, 1.807) is 0 Å². The fraction of sp³-hybridized carbons (Fsp3) is 0.562. The largest absolute Gasteiger partial charge is 0.379 e. The second-order valence-electron chi connectivity index (χ2n) is 5.01. The quantitative estimate of drug-likeness (QED) is 0.649. The zero-order valence-electron chi connectivity index (χ0n) is 12.9. The first-order chi connectivity index (χ1) is 10.1. The Morgan fingerprint density at radius 3 is 2.81 bits per heavy atom. The summed E-state index contributed by atoms with van der Waals surface area (Å²) in [5, 5.41) is 2.87. The summed E-state index contributed by atoms with van der Waals surface area (Å²) in [7, 11) is 0. The maximum Gasteiger partial charge on any atom is 0.224 e. The summed E-state index contributed by atoms with van der Waals surface area (Å²) >= 11 is 0. The smallest absolute Gasteiger partial charge is 0.224 e. The van der Waals surface area contributed by atoms with Gasteiger partial charge in [-0.1, -0.05) is 12.1 Å². The predicted octanol–water partition coefficient (Wildman–Crippen LogP) is 2.31. The minimum Gasteiger partial charge on any atom is -0.379 e. The lowest BCUT2D eigenvalue weighted by Crippen LogP contribution is -2.19. The van der Waals surface area contributed by atoms with Gasteiger partial charge in [-0.05, 0) is 38.0 Å². The number of rotatable bonds is 10. The Labute approximate surface area is 126 Å². The van der Waals surface area contributed by atoms with Crippen molar-refractivity contribution in [2.24, 2.45) is 5.73 Å². The van der Waals surface area contributed by atoms with Gasteiger partial charge in [0.15, 0.2) is 0 Å². The Kier molecular flexibility index (Phi) is 8.66. The molecule has 0 bridgehead atoms. The lowest BCUT2D eigenvalue weighted by Gasteiger charge is -2.09. The number of benzene rings is 1. The molecule has 1 unspecified atom stereocenters. The Bertz CT molecular complexity index is 422. The van der Waals surface area contributed by atoms with Gasteiger partial charge in [0.2, 0.25) is 5.91 Å². The van der Waals surface area contributed by atoms with Crippen molar-refractivity contribution in [2.75, 3.05) is 25.1 Å². The number of hydrogen-bond acceptors (Lipinski definition) is 4. The van der Waals surface area contributed by atoms with Gasteiger partial charge in [0.25, 0.3) is 0 Å². The minimum atomic E-state index is -0.0123. The highest BCUT2D eigenvalue weighted by atomic mass is 16.5. The highest BCUT2D eigenvalue weighted by Crippen LogP contribution is 2.12. The fourth-order valence-corrected chi connectivity index (χ4v) is 1.77. The number of hydrogen-bond donors (Lipinski definition) is 2. The molecule has 0 saturated heterocycles. The number of nitrogens with one attached hydrogen (secondary N) is 1. The van der Waals surface area contributed by atoms with E-state index in [0.29, 0.717) is 39.3 Å². The van der Waals surface area contributed by atoms with Crippen molar-refractivity contribution in [3.63, 3.8) is 0 Å². The van der Waals surface area contributed by atoms with Gasteiger partial charge in [0, 0.05) is 24.8 Å². The normalized spacial score (nSPS) is 12.1. The predicted molar refractivity (Wildman–Crippen MR) is 84.1 cm³/mol. The van der Waals surface area contributed by atoms with Gasteiger partial charge < -0.3 is 20.5 Å². The van der Waals surface area contributed by atoms with E-state index in [4.69, 9.17) is 15.2 Å². The third-order valence-corrected chi connectivity index (χ3v) is 2.88.